The summed E-state index contributed by atoms with van der Waals surface area (Å²) in [5.74, 6) is -3.58. The normalized spacial score (nSPS) is 18.8. The van der Waals surface area contributed by atoms with Gasteiger partial charge in [0.25, 0.3) is 0 Å². The molecule has 2 N–H and O–H groups in total. The van der Waals surface area contributed by atoms with Crippen molar-refractivity contribution in [2.24, 2.45) is 0 Å². The first-order valence-corrected chi connectivity index (χ1v) is 6.21. The van der Waals surface area contributed by atoms with E-state index < -0.39 is 29.6 Å². The Bertz CT molecular complexity index is 536. The van der Waals surface area contributed by atoms with Crippen LogP contribution in [0.5, 0.6) is 0 Å². The number of piperidine rings is 1. The number of halogens is 2. The van der Waals surface area contributed by atoms with Crippen LogP contribution in [0.1, 0.15) is 12.8 Å². The third-order valence-corrected chi connectivity index (χ3v) is 3.06. The number of hydrogen-bond acceptors (Lipinski definition) is 3. The maximum atomic E-state index is 13.4. The first-order chi connectivity index (χ1) is 9.47. The number of nitrogens with zero attached hydrogens (tertiary/aromatic N) is 1. The van der Waals surface area contributed by atoms with Crippen LogP contribution >= 0.6 is 0 Å². The summed E-state index contributed by atoms with van der Waals surface area (Å²) in [5.41, 5.74) is -0.262. The Morgan fingerprint density at radius 3 is 2.75 bits per heavy atom. The second kappa shape index (κ2) is 5.96. The van der Waals surface area contributed by atoms with Crippen LogP contribution in [0.15, 0.2) is 18.2 Å². The third-order valence-electron chi connectivity index (χ3n) is 3.06. The zero-order chi connectivity index (χ0) is 14.7. The Kier molecular flexibility index (Phi) is 4.29. The average molecular weight is 284 g/mol. The van der Waals surface area contributed by atoms with E-state index in [2.05, 4.69) is 5.32 Å². The molecule has 7 heteroatoms. The van der Waals surface area contributed by atoms with Gasteiger partial charge in [0.2, 0.25) is 0 Å². The topological polar surface area (TPSA) is 69.6 Å². The summed E-state index contributed by atoms with van der Waals surface area (Å²) in [7, 11) is 0. The van der Waals surface area contributed by atoms with E-state index in [0.717, 1.165) is 12.1 Å². The maximum Gasteiger partial charge on any atom is 0.313 e. The van der Waals surface area contributed by atoms with Gasteiger partial charge in [0.05, 0.1) is 11.8 Å². The van der Waals surface area contributed by atoms with Gasteiger partial charge >= 0.3 is 11.8 Å². The van der Waals surface area contributed by atoms with Crippen molar-refractivity contribution in [3.63, 3.8) is 0 Å². The van der Waals surface area contributed by atoms with E-state index in [9.17, 15) is 23.5 Å². The van der Waals surface area contributed by atoms with Crippen LogP contribution in [0.25, 0.3) is 0 Å². The molecule has 1 atom stereocenters. The first-order valence-electron chi connectivity index (χ1n) is 6.21. The molecule has 1 heterocycles. The van der Waals surface area contributed by atoms with Crippen LogP contribution in [0, 0.1) is 11.6 Å². The van der Waals surface area contributed by atoms with Crippen LogP contribution in [-0.2, 0) is 9.59 Å². The number of aliphatic hydroxyl groups is 1. The molecule has 0 radical (unpaired) electrons. The third kappa shape index (κ3) is 3.30. The Balaban J connectivity index is 2.02. The molecule has 1 saturated heterocycles. The molecule has 1 aliphatic heterocycles. The number of aliphatic hydroxyl groups excluding tert-OH is 1. The Morgan fingerprint density at radius 2 is 2.10 bits per heavy atom. The Labute approximate surface area is 114 Å². The van der Waals surface area contributed by atoms with Crippen LogP contribution in [-0.4, -0.2) is 41.0 Å². The first kappa shape index (κ1) is 14.4. The lowest BCUT2D eigenvalue weighted by Gasteiger charge is -2.29. The second-order valence-corrected chi connectivity index (χ2v) is 4.63. The molecule has 0 saturated carbocycles. The van der Waals surface area contributed by atoms with Gasteiger partial charge in [-0.1, -0.05) is 0 Å². The Morgan fingerprint density at radius 1 is 1.35 bits per heavy atom. The van der Waals surface area contributed by atoms with E-state index in [1.165, 1.54) is 4.90 Å². The molecule has 108 valence electrons. The van der Waals surface area contributed by atoms with Gasteiger partial charge in [-0.25, -0.2) is 8.78 Å². The average Bonchev–Trinajstić information content (AvgIpc) is 2.41. The van der Waals surface area contributed by atoms with Gasteiger partial charge in [-0.2, -0.15) is 0 Å². The molecule has 1 aliphatic rings. The standard InChI is InChI=1S/C13H14F2N2O3/c14-8-3-4-11(10(15)6-8)16-12(19)13(20)17-5-1-2-9(18)7-17/h3-4,6,9,18H,1-2,5,7H2,(H,16,19). The quantitative estimate of drug-likeness (QED) is 0.752. The molecule has 0 aliphatic carbocycles. The monoisotopic (exact) mass is 284 g/mol. The number of anilines is 1. The van der Waals surface area contributed by atoms with Gasteiger partial charge in [-0.05, 0) is 25.0 Å². The summed E-state index contributed by atoms with van der Waals surface area (Å²) in [5, 5.41) is 11.5. The fourth-order valence-electron chi connectivity index (χ4n) is 2.05. The highest BCUT2D eigenvalue weighted by Gasteiger charge is 2.27. The van der Waals surface area contributed by atoms with Crippen molar-refractivity contribution in [1.82, 2.24) is 4.90 Å². The van der Waals surface area contributed by atoms with E-state index in [1.807, 2.05) is 0 Å². The minimum Gasteiger partial charge on any atom is -0.391 e. The zero-order valence-corrected chi connectivity index (χ0v) is 10.6. The van der Waals surface area contributed by atoms with Crippen molar-refractivity contribution < 1.29 is 23.5 Å². The second-order valence-electron chi connectivity index (χ2n) is 4.63. The number of amides is 2. The zero-order valence-electron chi connectivity index (χ0n) is 10.6. The van der Waals surface area contributed by atoms with E-state index in [0.29, 0.717) is 25.5 Å². The van der Waals surface area contributed by atoms with Crippen molar-refractivity contribution in [1.29, 1.82) is 0 Å². The van der Waals surface area contributed by atoms with Gasteiger partial charge in [-0.3, -0.25) is 9.59 Å². The largest absolute Gasteiger partial charge is 0.391 e. The van der Waals surface area contributed by atoms with Gasteiger partial charge in [0.1, 0.15) is 11.6 Å². The lowest BCUT2D eigenvalue weighted by atomic mass is 10.1. The predicted molar refractivity (Wildman–Crippen MR) is 66.8 cm³/mol. The van der Waals surface area contributed by atoms with E-state index in [4.69, 9.17) is 0 Å². The highest BCUT2D eigenvalue weighted by molar-refractivity contribution is 6.39. The molecule has 1 fully saturated rings. The Hall–Kier alpha value is -2.02. The minimum atomic E-state index is -1.01. The number of carbonyl (C=O) groups is 2. The van der Waals surface area contributed by atoms with Crippen molar-refractivity contribution in [3.8, 4) is 0 Å². The highest BCUT2D eigenvalue weighted by Crippen LogP contribution is 2.16. The van der Waals surface area contributed by atoms with Crippen molar-refractivity contribution in [2.75, 3.05) is 18.4 Å². The number of benzene rings is 1. The summed E-state index contributed by atoms with van der Waals surface area (Å²) < 4.78 is 26.1. The number of hydrogen-bond donors (Lipinski definition) is 2. The number of likely N-dealkylation sites (tertiary alicyclic amines) is 1. The van der Waals surface area contributed by atoms with Crippen molar-refractivity contribution in [3.05, 3.63) is 29.8 Å². The summed E-state index contributed by atoms with van der Waals surface area (Å²) in [6.07, 6.45) is 0.534. The molecule has 1 aromatic rings. The molecule has 20 heavy (non-hydrogen) atoms. The van der Waals surface area contributed by atoms with Gasteiger partial charge in [0.15, 0.2) is 0 Å². The fourth-order valence-corrected chi connectivity index (χ4v) is 2.05. The SMILES string of the molecule is O=C(Nc1ccc(F)cc1F)C(=O)N1CCCC(O)C1. The van der Waals surface area contributed by atoms with Crippen LogP contribution < -0.4 is 5.32 Å². The van der Waals surface area contributed by atoms with Crippen LogP contribution in [0.4, 0.5) is 14.5 Å². The molecular weight excluding hydrogens is 270 g/mol. The minimum absolute atomic E-state index is 0.0815. The molecule has 2 amide bonds. The van der Waals surface area contributed by atoms with Gasteiger partial charge < -0.3 is 15.3 Å². The summed E-state index contributed by atoms with van der Waals surface area (Å²) in [6.45, 7) is 0.452. The maximum absolute atomic E-state index is 13.4. The highest BCUT2D eigenvalue weighted by atomic mass is 19.1. The smallest absolute Gasteiger partial charge is 0.313 e. The van der Waals surface area contributed by atoms with Crippen LogP contribution in [0.2, 0.25) is 0 Å². The molecule has 0 aromatic heterocycles. The number of carbonyl (C=O) groups excluding carboxylic acids is 2. The van der Waals surface area contributed by atoms with Gasteiger partial charge in [0, 0.05) is 19.2 Å². The van der Waals surface area contributed by atoms with E-state index in [-0.39, 0.29) is 12.2 Å². The lowest BCUT2D eigenvalue weighted by Crippen LogP contribution is -2.46. The lowest BCUT2D eigenvalue weighted by molar-refractivity contribution is -0.145. The summed E-state index contributed by atoms with van der Waals surface area (Å²) in [4.78, 5) is 24.8. The summed E-state index contributed by atoms with van der Waals surface area (Å²) >= 11 is 0. The number of β-amino-alcohol motifs (C(OH)–C–C–N with tert-alkyl or cyclic N) is 1. The molecule has 1 aromatic carbocycles. The molecule has 0 bridgehead atoms. The van der Waals surface area contributed by atoms with Gasteiger partial charge in [-0.15, -0.1) is 0 Å². The number of nitrogens with one attached hydrogen (secondary N) is 1. The predicted octanol–water partition coefficient (Wildman–Crippen LogP) is 0.887. The molecule has 0 spiro atoms. The fraction of sp³-hybridized carbons (Fsp3) is 0.385. The van der Waals surface area contributed by atoms with E-state index >= 15 is 0 Å². The molecule has 1 unspecified atom stereocenters. The van der Waals surface area contributed by atoms with Crippen molar-refractivity contribution in [2.45, 2.75) is 18.9 Å². The van der Waals surface area contributed by atoms with Crippen molar-refractivity contribution >= 4 is 17.5 Å². The number of rotatable bonds is 1. The van der Waals surface area contributed by atoms with Crippen LogP contribution in [0.3, 0.4) is 0 Å². The van der Waals surface area contributed by atoms with E-state index in [1.54, 1.807) is 0 Å². The molecular formula is C13H14F2N2O3. The molecule has 5 nitrogen and oxygen atoms in total. The molecule has 2 rings (SSSR count). The summed E-state index contributed by atoms with van der Waals surface area (Å²) in [6, 6.07) is 2.64.